The van der Waals surface area contributed by atoms with E-state index in [1.54, 1.807) is 0 Å². The van der Waals surface area contributed by atoms with Crippen LogP contribution in [-0.4, -0.2) is 6.15 Å². The Morgan fingerprint density at radius 2 is 0.429 bits per heavy atom. The van der Waals surface area contributed by atoms with Crippen molar-refractivity contribution in [2.45, 2.75) is 24.7 Å². The summed E-state index contributed by atoms with van der Waals surface area (Å²) in [6.45, 7) is 0. The van der Waals surface area contributed by atoms with Crippen molar-refractivity contribution in [1.82, 2.24) is 0 Å². The van der Waals surface area contributed by atoms with E-state index in [4.69, 9.17) is 0 Å². The van der Waals surface area contributed by atoms with Crippen molar-refractivity contribution in [3.63, 3.8) is 0 Å². The SMILES string of the molecule is FC(F)(F)c1ccc([B-](c2ccc(C(F)(F)F)cc2)(c2ccc(C(F)(F)F)cc2)c2ccc(C(F)(F)F)cc2)cc1.[Na+]. The van der Waals surface area contributed by atoms with Crippen LogP contribution in [0.25, 0.3) is 0 Å². The zero-order valence-corrected chi connectivity index (χ0v) is 23.4. The van der Waals surface area contributed by atoms with Gasteiger partial charge in [0.25, 0.3) is 0 Å². The number of benzene rings is 4. The Labute approximate surface area is 253 Å². The van der Waals surface area contributed by atoms with Crippen LogP contribution in [0.5, 0.6) is 0 Å². The molecule has 14 heteroatoms. The second kappa shape index (κ2) is 11.7. The van der Waals surface area contributed by atoms with Crippen LogP contribution >= 0.6 is 0 Å². The van der Waals surface area contributed by atoms with Gasteiger partial charge in [-0.2, -0.15) is 74.5 Å². The minimum absolute atomic E-state index is 0. The third kappa shape index (κ3) is 6.68. The van der Waals surface area contributed by atoms with Crippen molar-refractivity contribution >= 4 is 28.0 Å². The molecule has 0 aliphatic heterocycles. The van der Waals surface area contributed by atoms with Gasteiger partial charge in [0.15, 0.2) is 0 Å². The van der Waals surface area contributed by atoms with E-state index in [0.29, 0.717) is 48.5 Å². The molecule has 4 aromatic rings. The molecule has 0 unspecified atom stereocenters. The largest absolute Gasteiger partial charge is 1.00 e. The molecule has 0 bridgehead atoms. The smallest absolute Gasteiger partial charge is 0.195 e. The molecule has 0 saturated carbocycles. The molecule has 0 N–H and O–H groups in total. The van der Waals surface area contributed by atoms with Gasteiger partial charge in [-0.15, -0.1) is 0 Å². The van der Waals surface area contributed by atoms with Crippen LogP contribution in [0.4, 0.5) is 52.7 Å². The van der Waals surface area contributed by atoms with Gasteiger partial charge < -0.3 is 0 Å². The van der Waals surface area contributed by atoms with Gasteiger partial charge in [0, 0.05) is 0 Å². The zero-order valence-electron chi connectivity index (χ0n) is 21.4. The van der Waals surface area contributed by atoms with E-state index >= 15 is 0 Å². The molecule has 4 rings (SSSR count). The first-order chi connectivity index (χ1) is 18.8. The van der Waals surface area contributed by atoms with Gasteiger partial charge in [-0.3, -0.25) is 0 Å². The minimum atomic E-state index is -4.77. The first kappa shape index (κ1) is 33.6. The van der Waals surface area contributed by atoms with Crippen LogP contribution in [0.1, 0.15) is 22.3 Å². The quantitative estimate of drug-likeness (QED) is 0.240. The Morgan fingerprint density at radius 3 is 0.548 bits per heavy atom. The van der Waals surface area contributed by atoms with E-state index < -0.39 is 53.1 Å². The zero-order chi connectivity index (χ0) is 30.4. The molecule has 0 nitrogen and oxygen atoms in total. The van der Waals surface area contributed by atoms with Gasteiger partial charge in [-0.1, -0.05) is 97.1 Å². The van der Waals surface area contributed by atoms with Gasteiger partial charge in [-0.25, -0.2) is 0 Å². The summed E-state index contributed by atoms with van der Waals surface area (Å²) in [5.41, 5.74) is -4.29. The predicted octanol–water partition coefficient (Wildman–Crippen LogP) is 4.14. The Bertz CT molecular complexity index is 1250. The monoisotopic (exact) mass is 614 g/mol. The molecular weight excluding hydrogens is 598 g/mol. The molecule has 0 aliphatic rings. The molecule has 216 valence electrons. The van der Waals surface area contributed by atoms with Crippen LogP contribution < -0.4 is 51.4 Å². The van der Waals surface area contributed by atoms with Crippen LogP contribution in [0, 0.1) is 0 Å². The molecule has 0 spiro atoms. The van der Waals surface area contributed by atoms with Crippen molar-refractivity contribution < 1.29 is 82.2 Å². The van der Waals surface area contributed by atoms with Crippen molar-refractivity contribution in [2.75, 3.05) is 0 Å². The fourth-order valence-electron chi connectivity index (χ4n) is 5.00. The van der Waals surface area contributed by atoms with Gasteiger partial charge in [-0.05, 0) is 0 Å². The van der Waals surface area contributed by atoms with Crippen molar-refractivity contribution in [3.8, 4) is 0 Å². The molecule has 0 aliphatic carbocycles. The first-order valence-electron chi connectivity index (χ1n) is 11.7. The maximum Gasteiger partial charge on any atom is 1.00 e. The Morgan fingerprint density at radius 1 is 0.286 bits per heavy atom. The molecule has 0 fully saturated rings. The summed E-state index contributed by atoms with van der Waals surface area (Å²) in [6.07, 6.45) is -22.0. The average molecular weight is 614 g/mol. The molecule has 0 aromatic heterocycles. The van der Waals surface area contributed by atoms with Gasteiger partial charge in [0.05, 0.1) is 22.3 Å². The van der Waals surface area contributed by atoms with Crippen LogP contribution in [0.3, 0.4) is 0 Å². The van der Waals surface area contributed by atoms with Crippen molar-refractivity contribution in [1.29, 1.82) is 0 Å². The molecule has 0 radical (unpaired) electrons. The van der Waals surface area contributed by atoms with Crippen LogP contribution in [0.15, 0.2) is 97.1 Å². The first-order valence-corrected chi connectivity index (χ1v) is 11.7. The third-order valence-corrected chi connectivity index (χ3v) is 6.95. The molecule has 0 heterocycles. The number of alkyl halides is 12. The predicted molar refractivity (Wildman–Crippen MR) is 130 cm³/mol. The van der Waals surface area contributed by atoms with Crippen molar-refractivity contribution in [2.24, 2.45) is 0 Å². The maximum atomic E-state index is 13.3. The second-order valence-electron chi connectivity index (χ2n) is 9.35. The second-order valence-corrected chi connectivity index (χ2v) is 9.35. The summed E-state index contributed by atoms with van der Waals surface area (Å²) in [5, 5.41) is 0. The molecule has 4 aromatic carbocycles. The number of hydrogen-bond acceptors (Lipinski definition) is 0. The van der Waals surface area contributed by atoms with Crippen LogP contribution in [-0.2, 0) is 24.7 Å². The molecular formula is C28H16BF12Na. The topological polar surface area (TPSA) is 0 Å². The standard InChI is InChI=1S/C28H16BF12.Na/c30-25(31,32)17-1-9-21(10-2-17)29(22-11-3-18(4-12-22)26(33,34)35,23-13-5-19(6-14-23)27(36,37)38)24-15-7-20(8-16-24)28(39,40)41;/h1-16H;/q-1;+1. The Kier molecular flexibility index (Phi) is 9.32. The Hall–Kier alpha value is -2.90. The van der Waals surface area contributed by atoms with E-state index in [0.717, 1.165) is 48.5 Å². The average Bonchev–Trinajstić information content (AvgIpc) is 2.88. The van der Waals surface area contributed by atoms with E-state index in [1.807, 2.05) is 0 Å². The molecule has 0 saturated heterocycles. The Balaban J connectivity index is 0.00000484. The summed E-state index contributed by atoms with van der Waals surface area (Å²) in [5.74, 6) is 0. The summed E-state index contributed by atoms with van der Waals surface area (Å²) in [6, 6.07) is 13.6. The normalized spacial score (nSPS) is 13.0. The summed E-state index contributed by atoms with van der Waals surface area (Å²) in [4.78, 5) is 0. The molecule has 42 heavy (non-hydrogen) atoms. The van der Waals surface area contributed by atoms with Gasteiger partial charge in [0.1, 0.15) is 6.15 Å². The summed E-state index contributed by atoms with van der Waals surface area (Å²) >= 11 is 0. The maximum absolute atomic E-state index is 13.3. The third-order valence-electron chi connectivity index (χ3n) is 6.95. The summed E-state index contributed by atoms with van der Waals surface area (Å²) in [7, 11) is 0. The molecule has 0 amide bonds. The van der Waals surface area contributed by atoms with Crippen molar-refractivity contribution in [3.05, 3.63) is 119 Å². The van der Waals surface area contributed by atoms with E-state index in [2.05, 4.69) is 0 Å². The number of hydrogen-bond donors (Lipinski definition) is 0. The van der Waals surface area contributed by atoms with E-state index in [1.165, 1.54) is 0 Å². The fraction of sp³-hybridized carbons (Fsp3) is 0.143. The molecule has 0 atom stereocenters. The fourth-order valence-corrected chi connectivity index (χ4v) is 5.00. The number of halogens is 12. The van der Waals surface area contributed by atoms with E-state index in [9.17, 15) is 52.7 Å². The summed E-state index contributed by atoms with van der Waals surface area (Å²) < 4.78 is 160. The van der Waals surface area contributed by atoms with Gasteiger partial charge >= 0.3 is 54.3 Å². The van der Waals surface area contributed by atoms with Gasteiger partial charge in [0.2, 0.25) is 0 Å². The number of rotatable bonds is 4. The van der Waals surface area contributed by atoms with E-state index in [-0.39, 0.29) is 51.4 Å². The minimum Gasteiger partial charge on any atom is -0.195 e. The van der Waals surface area contributed by atoms with Crippen LogP contribution in [0.2, 0.25) is 0 Å².